The standard InChI is InChI=1S/C23H32N2O3/c1-26-21-12-8-13-22(27-2)23(21)28-17-7-3-5-15-25-16-6-4-11-20(25)19-10-9-14-24-18-19/h8-10,12-14,18,20H,3-7,11,15-17H2,1-2H3/p+1/t20-/m1/s1. The second kappa shape index (κ2) is 10.9. The van der Waals surface area contributed by atoms with Crippen molar-refractivity contribution in [1.82, 2.24) is 4.98 Å². The van der Waals surface area contributed by atoms with Gasteiger partial charge < -0.3 is 19.1 Å². The highest BCUT2D eigenvalue weighted by molar-refractivity contribution is 5.51. The average Bonchev–Trinajstić information content (AvgIpc) is 2.76. The van der Waals surface area contributed by atoms with Crippen LogP contribution < -0.4 is 19.1 Å². The molecule has 0 saturated carbocycles. The number of pyridine rings is 1. The summed E-state index contributed by atoms with van der Waals surface area (Å²) in [4.78, 5) is 6.04. The summed E-state index contributed by atoms with van der Waals surface area (Å²) in [6, 6.07) is 10.6. The summed E-state index contributed by atoms with van der Waals surface area (Å²) in [5, 5.41) is 0. The number of ether oxygens (including phenoxy) is 3. The summed E-state index contributed by atoms with van der Waals surface area (Å²) < 4.78 is 16.7. The lowest BCUT2D eigenvalue weighted by atomic mass is 9.96. The number of unbranched alkanes of at least 4 members (excludes halogenated alkanes) is 2. The predicted octanol–water partition coefficient (Wildman–Crippen LogP) is 3.46. The minimum absolute atomic E-state index is 0.608. The van der Waals surface area contributed by atoms with Gasteiger partial charge in [0.05, 0.1) is 33.9 Å². The van der Waals surface area contributed by atoms with Crippen molar-refractivity contribution in [1.29, 1.82) is 0 Å². The molecule has 3 rings (SSSR count). The van der Waals surface area contributed by atoms with Crippen LogP contribution in [0.25, 0.3) is 0 Å². The van der Waals surface area contributed by atoms with E-state index >= 15 is 0 Å². The maximum Gasteiger partial charge on any atom is 0.203 e. The number of likely N-dealkylation sites (tertiary alicyclic amines) is 1. The van der Waals surface area contributed by atoms with Gasteiger partial charge in [0.1, 0.15) is 6.04 Å². The van der Waals surface area contributed by atoms with E-state index in [1.165, 1.54) is 50.8 Å². The van der Waals surface area contributed by atoms with Gasteiger partial charge in [0.15, 0.2) is 11.5 Å². The van der Waals surface area contributed by atoms with Gasteiger partial charge in [-0.25, -0.2) is 0 Å². The average molecular weight is 386 g/mol. The zero-order valence-electron chi connectivity index (χ0n) is 17.2. The number of hydrogen-bond donors (Lipinski definition) is 1. The van der Waals surface area contributed by atoms with Gasteiger partial charge in [0, 0.05) is 24.4 Å². The first-order chi connectivity index (χ1) is 13.8. The van der Waals surface area contributed by atoms with E-state index in [-0.39, 0.29) is 0 Å². The number of nitrogens with one attached hydrogen (secondary N) is 1. The molecule has 2 aromatic rings. The second-order valence-electron chi connectivity index (χ2n) is 7.39. The third kappa shape index (κ3) is 5.38. The van der Waals surface area contributed by atoms with E-state index in [1.54, 1.807) is 19.1 Å². The van der Waals surface area contributed by atoms with Crippen LogP contribution in [0.15, 0.2) is 42.7 Å². The van der Waals surface area contributed by atoms with Crippen molar-refractivity contribution in [2.75, 3.05) is 33.9 Å². The van der Waals surface area contributed by atoms with E-state index in [0.717, 1.165) is 17.9 Å². The number of nitrogens with zero attached hydrogens (tertiary/aromatic N) is 1. The molecule has 1 unspecified atom stereocenters. The number of benzene rings is 1. The molecular formula is C23H33N2O3+. The summed E-state index contributed by atoms with van der Waals surface area (Å²) in [6.07, 6.45) is 11.3. The lowest BCUT2D eigenvalue weighted by Crippen LogP contribution is -3.13. The highest BCUT2D eigenvalue weighted by Gasteiger charge is 2.27. The van der Waals surface area contributed by atoms with Gasteiger partial charge in [-0.3, -0.25) is 4.98 Å². The molecular weight excluding hydrogens is 352 g/mol. The first kappa shape index (κ1) is 20.5. The molecule has 152 valence electrons. The molecule has 1 saturated heterocycles. The molecule has 0 radical (unpaired) electrons. The normalized spacial score (nSPS) is 19.2. The number of aromatic nitrogens is 1. The Hall–Kier alpha value is -2.27. The van der Waals surface area contributed by atoms with Crippen molar-refractivity contribution in [3.05, 3.63) is 48.3 Å². The minimum atomic E-state index is 0.608. The van der Waals surface area contributed by atoms with E-state index in [2.05, 4.69) is 17.1 Å². The Morgan fingerprint density at radius 1 is 1.00 bits per heavy atom. The van der Waals surface area contributed by atoms with Crippen LogP contribution in [-0.2, 0) is 0 Å². The van der Waals surface area contributed by atoms with Crippen molar-refractivity contribution < 1.29 is 19.1 Å². The maximum atomic E-state index is 5.97. The zero-order chi connectivity index (χ0) is 19.6. The van der Waals surface area contributed by atoms with Gasteiger partial charge in [0.25, 0.3) is 0 Å². The quantitative estimate of drug-likeness (QED) is 0.636. The second-order valence-corrected chi connectivity index (χ2v) is 7.39. The molecule has 2 heterocycles. The van der Waals surface area contributed by atoms with E-state index in [4.69, 9.17) is 14.2 Å². The Morgan fingerprint density at radius 2 is 1.82 bits per heavy atom. The maximum absolute atomic E-state index is 5.97. The molecule has 0 aliphatic carbocycles. The van der Waals surface area contributed by atoms with Gasteiger partial charge in [0.2, 0.25) is 5.75 Å². The largest absolute Gasteiger partial charge is 0.493 e. The van der Waals surface area contributed by atoms with E-state index in [9.17, 15) is 0 Å². The molecule has 1 aliphatic heterocycles. The first-order valence-electron chi connectivity index (χ1n) is 10.4. The first-order valence-corrected chi connectivity index (χ1v) is 10.4. The molecule has 28 heavy (non-hydrogen) atoms. The highest BCUT2D eigenvalue weighted by Crippen LogP contribution is 2.36. The number of quaternary nitrogens is 1. The van der Waals surface area contributed by atoms with Crippen molar-refractivity contribution in [3.63, 3.8) is 0 Å². The fourth-order valence-corrected chi connectivity index (χ4v) is 4.13. The molecule has 1 aromatic heterocycles. The third-order valence-corrected chi connectivity index (χ3v) is 5.59. The molecule has 1 aromatic carbocycles. The summed E-state index contributed by atoms with van der Waals surface area (Å²) in [5.74, 6) is 2.14. The Kier molecular flexibility index (Phi) is 7.97. The number of piperidine rings is 1. The van der Waals surface area contributed by atoms with Crippen LogP contribution in [0, 0.1) is 0 Å². The van der Waals surface area contributed by atoms with E-state index < -0.39 is 0 Å². The van der Waals surface area contributed by atoms with Crippen molar-refractivity contribution in [2.45, 2.75) is 44.6 Å². The van der Waals surface area contributed by atoms with E-state index in [1.807, 2.05) is 30.6 Å². The molecule has 0 spiro atoms. The molecule has 1 N–H and O–H groups in total. The molecule has 2 atom stereocenters. The van der Waals surface area contributed by atoms with Crippen LogP contribution in [0.2, 0.25) is 0 Å². The van der Waals surface area contributed by atoms with Crippen LogP contribution >= 0.6 is 0 Å². The summed E-state index contributed by atoms with van der Waals surface area (Å²) >= 11 is 0. The fourth-order valence-electron chi connectivity index (χ4n) is 4.13. The van der Waals surface area contributed by atoms with Crippen LogP contribution in [0.5, 0.6) is 17.2 Å². The topological polar surface area (TPSA) is 45.0 Å². The van der Waals surface area contributed by atoms with Gasteiger partial charge in [-0.15, -0.1) is 0 Å². The molecule has 5 heteroatoms. The smallest absolute Gasteiger partial charge is 0.203 e. The van der Waals surface area contributed by atoms with E-state index in [0.29, 0.717) is 18.4 Å². The summed E-state index contributed by atoms with van der Waals surface area (Å²) in [7, 11) is 3.31. The monoisotopic (exact) mass is 385 g/mol. The number of para-hydroxylation sites is 1. The molecule has 0 amide bonds. The number of methoxy groups -OCH3 is 2. The Balaban J connectivity index is 1.42. The van der Waals surface area contributed by atoms with Crippen molar-refractivity contribution in [3.8, 4) is 17.2 Å². The van der Waals surface area contributed by atoms with Crippen molar-refractivity contribution in [2.24, 2.45) is 0 Å². The van der Waals surface area contributed by atoms with Crippen LogP contribution in [0.3, 0.4) is 0 Å². The van der Waals surface area contributed by atoms with Gasteiger partial charge >= 0.3 is 0 Å². The predicted molar refractivity (Wildman–Crippen MR) is 110 cm³/mol. The van der Waals surface area contributed by atoms with Gasteiger partial charge in [-0.05, 0) is 50.3 Å². The number of hydrogen-bond acceptors (Lipinski definition) is 4. The van der Waals surface area contributed by atoms with Crippen LogP contribution in [0.1, 0.15) is 50.1 Å². The molecule has 1 aliphatic rings. The minimum Gasteiger partial charge on any atom is -0.493 e. The lowest BCUT2D eigenvalue weighted by molar-refractivity contribution is -0.937. The summed E-state index contributed by atoms with van der Waals surface area (Å²) in [6.45, 7) is 3.17. The highest BCUT2D eigenvalue weighted by atomic mass is 16.5. The molecule has 1 fully saturated rings. The Labute approximate surface area is 168 Å². The zero-order valence-corrected chi connectivity index (χ0v) is 17.2. The Morgan fingerprint density at radius 3 is 2.54 bits per heavy atom. The van der Waals surface area contributed by atoms with Gasteiger partial charge in [-0.2, -0.15) is 0 Å². The fraction of sp³-hybridized carbons (Fsp3) is 0.522. The van der Waals surface area contributed by atoms with Crippen molar-refractivity contribution >= 4 is 0 Å². The molecule has 0 bridgehead atoms. The van der Waals surface area contributed by atoms with Crippen LogP contribution in [-0.4, -0.2) is 38.9 Å². The SMILES string of the molecule is COc1cccc(OC)c1OCCCCC[NH+]1CCCC[C@@H]1c1cccnc1. The van der Waals surface area contributed by atoms with Gasteiger partial charge in [-0.1, -0.05) is 12.1 Å². The summed E-state index contributed by atoms with van der Waals surface area (Å²) in [5.41, 5.74) is 1.39. The van der Waals surface area contributed by atoms with Crippen LogP contribution in [0.4, 0.5) is 0 Å². The Bertz CT molecular complexity index is 686. The lowest BCUT2D eigenvalue weighted by Gasteiger charge is -2.32. The third-order valence-electron chi connectivity index (χ3n) is 5.59. The number of rotatable bonds is 10. The molecule has 5 nitrogen and oxygen atoms in total.